The van der Waals surface area contributed by atoms with Gasteiger partial charge in [0, 0.05) is 12.7 Å². The number of nitrogens with one attached hydrogen (secondary N) is 2. The van der Waals surface area contributed by atoms with Gasteiger partial charge in [0.1, 0.15) is 0 Å². The molecular weight excluding hydrogens is 206 g/mol. The van der Waals surface area contributed by atoms with Crippen LogP contribution in [0.2, 0.25) is 0 Å². The van der Waals surface area contributed by atoms with Crippen LogP contribution < -0.4 is 16.0 Å². The number of carbonyl (C=O) groups excluding carboxylic acids is 1. The van der Waals surface area contributed by atoms with Crippen molar-refractivity contribution >= 4 is 17.7 Å². The van der Waals surface area contributed by atoms with Crippen LogP contribution in [0, 0.1) is 5.41 Å². The van der Waals surface area contributed by atoms with Crippen LogP contribution in [0.5, 0.6) is 0 Å². The minimum Gasteiger partial charge on any atom is -0.369 e. The molecule has 0 unspecified atom stereocenters. The molecule has 4 N–H and O–H groups in total. The van der Waals surface area contributed by atoms with Gasteiger partial charge in [-0.25, -0.2) is 9.69 Å². The van der Waals surface area contributed by atoms with E-state index in [1.807, 2.05) is 0 Å². The number of carbonyl (C=O) groups is 1. The lowest BCUT2D eigenvalue weighted by molar-refractivity contribution is 0.250. The second kappa shape index (κ2) is 5.50. The van der Waals surface area contributed by atoms with E-state index in [0.29, 0.717) is 12.2 Å². The topological polar surface area (TPSA) is 95.1 Å². The third-order valence-electron chi connectivity index (χ3n) is 1.75. The maximum Gasteiger partial charge on any atom is 0.329 e. The lowest BCUT2D eigenvalue weighted by Gasteiger charge is -2.20. The maximum absolute atomic E-state index is 11.7. The van der Waals surface area contributed by atoms with Crippen LogP contribution in [0.3, 0.4) is 0 Å². The van der Waals surface area contributed by atoms with Crippen molar-refractivity contribution in [2.45, 2.75) is 0 Å². The molecule has 0 spiro atoms. The van der Waals surface area contributed by atoms with E-state index in [4.69, 9.17) is 11.1 Å². The van der Waals surface area contributed by atoms with Gasteiger partial charge in [0.25, 0.3) is 0 Å². The Balaban J connectivity index is 2.88. The molecule has 0 aliphatic rings. The van der Waals surface area contributed by atoms with E-state index in [2.05, 4.69) is 16.9 Å². The van der Waals surface area contributed by atoms with Gasteiger partial charge < -0.3 is 11.1 Å². The number of aromatic nitrogens is 1. The number of rotatable bonds is 3. The molecule has 1 aromatic rings. The Hall–Kier alpha value is -2.37. The molecule has 0 bridgehead atoms. The smallest absolute Gasteiger partial charge is 0.329 e. The third-order valence-corrected chi connectivity index (χ3v) is 1.75. The van der Waals surface area contributed by atoms with Crippen LogP contribution in [0.4, 0.5) is 10.5 Å². The van der Waals surface area contributed by atoms with E-state index >= 15 is 0 Å². The predicted molar refractivity (Wildman–Crippen MR) is 62.2 cm³/mol. The monoisotopic (exact) mass is 219 g/mol. The minimum atomic E-state index is -0.486. The second-order valence-electron chi connectivity index (χ2n) is 2.91. The number of hydrogen-bond donors (Lipinski definition) is 3. The molecule has 1 rings (SSSR count). The Morgan fingerprint density at radius 2 is 2.50 bits per heavy atom. The van der Waals surface area contributed by atoms with Crippen LogP contribution in [0.1, 0.15) is 0 Å². The molecule has 1 heterocycles. The standard InChI is InChI=1S/C10H13N5O/c1-2-5-14-10(16)15(9(11)12)8-4-3-6-13-7-8/h2-4,6-7H,1,5H2,(H3,11,12)(H,14,16). The van der Waals surface area contributed by atoms with Gasteiger partial charge in [0.15, 0.2) is 0 Å². The molecule has 0 aliphatic heterocycles. The van der Waals surface area contributed by atoms with Gasteiger partial charge in [-0.1, -0.05) is 6.08 Å². The van der Waals surface area contributed by atoms with E-state index in [-0.39, 0.29) is 5.96 Å². The summed E-state index contributed by atoms with van der Waals surface area (Å²) in [4.78, 5) is 16.5. The Bertz CT molecular complexity index is 389. The van der Waals surface area contributed by atoms with Gasteiger partial charge in [-0.3, -0.25) is 10.4 Å². The zero-order valence-electron chi connectivity index (χ0n) is 8.68. The van der Waals surface area contributed by atoms with E-state index in [1.165, 1.54) is 6.20 Å². The normalized spacial score (nSPS) is 9.25. The third kappa shape index (κ3) is 2.81. The lowest BCUT2D eigenvalue weighted by Crippen LogP contribution is -2.47. The number of amides is 2. The summed E-state index contributed by atoms with van der Waals surface area (Å²) in [5.74, 6) is -0.366. The molecule has 0 fully saturated rings. The SMILES string of the molecule is C=CCNC(=O)N(C(=N)N)c1cccnc1. The molecule has 1 aromatic heterocycles. The van der Waals surface area contributed by atoms with E-state index in [9.17, 15) is 4.79 Å². The Kier molecular flexibility index (Phi) is 4.02. The van der Waals surface area contributed by atoms with Gasteiger partial charge >= 0.3 is 6.03 Å². The number of hydrogen-bond acceptors (Lipinski definition) is 3. The summed E-state index contributed by atoms with van der Waals surface area (Å²) in [5, 5.41) is 9.88. The van der Waals surface area contributed by atoms with Crippen LogP contribution in [0.15, 0.2) is 37.2 Å². The highest BCUT2D eigenvalue weighted by Gasteiger charge is 2.17. The largest absolute Gasteiger partial charge is 0.369 e. The molecule has 0 atom stereocenters. The summed E-state index contributed by atoms with van der Waals surface area (Å²) in [7, 11) is 0. The number of nitrogens with two attached hydrogens (primary N) is 1. The quantitative estimate of drug-likeness (QED) is 0.396. The number of urea groups is 1. The fourth-order valence-electron chi connectivity index (χ4n) is 1.09. The summed E-state index contributed by atoms with van der Waals surface area (Å²) in [6.07, 6.45) is 4.57. The number of nitrogens with zero attached hydrogens (tertiary/aromatic N) is 2. The summed E-state index contributed by atoms with van der Waals surface area (Å²) in [6.45, 7) is 3.79. The van der Waals surface area contributed by atoms with Crippen molar-refractivity contribution in [3.8, 4) is 0 Å². The fraction of sp³-hybridized carbons (Fsp3) is 0.100. The van der Waals surface area contributed by atoms with Crippen LogP contribution in [0.25, 0.3) is 0 Å². The second-order valence-corrected chi connectivity index (χ2v) is 2.91. The van der Waals surface area contributed by atoms with Crippen LogP contribution in [-0.4, -0.2) is 23.5 Å². The average Bonchev–Trinajstić information content (AvgIpc) is 2.27. The Morgan fingerprint density at radius 3 is 3.00 bits per heavy atom. The highest BCUT2D eigenvalue weighted by atomic mass is 16.2. The molecule has 84 valence electrons. The van der Waals surface area contributed by atoms with Crippen molar-refractivity contribution in [1.29, 1.82) is 5.41 Å². The van der Waals surface area contributed by atoms with Crippen LogP contribution >= 0.6 is 0 Å². The molecule has 6 heteroatoms. The van der Waals surface area contributed by atoms with Crippen molar-refractivity contribution in [3.63, 3.8) is 0 Å². The molecule has 0 saturated heterocycles. The van der Waals surface area contributed by atoms with Crippen molar-refractivity contribution in [2.24, 2.45) is 5.73 Å². The zero-order chi connectivity index (χ0) is 12.0. The summed E-state index contributed by atoms with van der Waals surface area (Å²) >= 11 is 0. The molecule has 16 heavy (non-hydrogen) atoms. The molecule has 0 radical (unpaired) electrons. The minimum absolute atomic E-state index is 0.308. The fourth-order valence-corrected chi connectivity index (χ4v) is 1.09. The molecule has 0 aliphatic carbocycles. The first-order valence-corrected chi connectivity index (χ1v) is 4.59. The summed E-state index contributed by atoms with van der Waals surface area (Å²) < 4.78 is 0. The van der Waals surface area contributed by atoms with Gasteiger partial charge in [0.2, 0.25) is 5.96 Å². The van der Waals surface area contributed by atoms with Gasteiger partial charge in [-0.2, -0.15) is 0 Å². The maximum atomic E-state index is 11.7. The summed E-state index contributed by atoms with van der Waals surface area (Å²) in [5.41, 5.74) is 5.78. The lowest BCUT2D eigenvalue weighted by atomic mass is 10.4. The summed E-state index contributed by atoms with van der Waals surface area (Å²) in [6, 6.07) is 2.81. The van der Waals surface area contributed by atoms with Crippen molar-refractivity contribution < 1.29 is 4.79 Å². The average molecular weight is 219 g/mol. The number of anilines is 1. The Labute approximate surface area is 93.3 Å². The molecule has 0 saturated carbocycles. The highest BCUT2D eigenvalue weighted by molar-refractivity contribution is 6.13. The van der Waals surface area contributed by atoms with E-state index in [0.717, 1.165) is 4.90 Å². The molecular formula is C10H13N5O. The van der Waals surface area contributed by atoms with E-state index < -0.39 is 6.03 Å². The first-order chi connectivity index (χ1) is 7.66. The van der Waals surface area contributed by atoms with Crippen molar-refractivity contribution in [3.05, 3.63) is 37.2 Å². The molecule has 6 nitrogen and oxygen atoms in total. The molecule has 2 amide bonds. The van der Waals surface area contributed by atoms with Crippen LogP contribution in [-0.2, 0) is 0 Å². The first-order valence-electron chi connectivity index (χ1n) is 4.59. The highest BCUT2D eigenvalue weighted by Crippen LogP contribution is 2.10. The van der Waals surface area contributed by atoms with Gasteiger partial charge in [0.05, 0.1) is 11.9 Å². The number of pyridine rings is 1. The van der Waals surface area contributed by atoms with Crippen molar-refractivity contribution in [1.82, 2.24) is 10.3 Å². The van der Waals surface area contributed by atoms with Crippen molar-refractivity contribution in [2.75, 3.05) is 11.4 Å². The van der Waals surface area contributed by atoms with E-state index in [1.54, 1.807) is 24.4 Å². The van der Waals surface area contributed by atoms with Gasteiger partial charge in [-0.05, 0) is 12.1 Å². The van der Waals surface area contributed by atoms with Gasteiger partial charge in [-0.15, -0.1) is 6.58 Å². The first kappa shape index (κ1) is 11.7. The Morgan fingerprint density at radius 1 is 1.75 bits per heavy atom. The number of guanidine groups is 1. The zero-order valence-corrected chi connectivity index (χ0v) is 8.68. The molecule has 0 aromatic carbocycles. The predicted octanol–water partition coefficient (Wildman–Crippen LogP) is 0.677.